The summed E-state index contributed by atoms with van der Waals surface area (Å²) >= 11 is 0. The van der Waals surface area contributed by atoms with E-state index in [9.17, 15) is 19.3 Å². The molecule has 1 heterocycles. The highest BCUT2D eigenvalue weighted by Crippen LogP contribution is 2.25. The van der Waals surface area contributed by atoms with Crippen molar-refractivity contribution in [2.45, 2.75) is 19.3 Å². The quantitative estimate of drug-likeness (QED) is 0.677. The molecule has 1 aromatic carbocycles. The van der Waals surface area contributed by atoms with Crippen LogP contribution in [0.2, 0.25) is 0 Å². The summed E-state index contributed by atoms with van der Waals surface area (Å²) in [5.74, 6) is -0.831. The Bertz CT molecular complexity index is 554. The van der Waals surface area contributed by atoms with Crippen LogP contribution in [0.25, 0.3) is 0 Å². The fourth-order valence-corrected chi connectivity index (χ4v) is 2.73. The van der Waals surface area contributed by atoms with E-state index in [4.69, 9.17) is 5.73 Å². The highest BCUT2D eigenvalue weighted by Gasteiger charge is 2.29. The average molecular weight is 332 g/mol. The van der Waals surface area contributed by atoms with Gasteiger partial charge in [0.1, 0.15) is 11.4 Å². The van der Waals surface area contributed by atoms with Gasteiger partial charge in [-0.1, -0.05) is 0 Å². The van der Waals surface area contributed by atoms with Crippen molar-refractivity contribution in [3.63, 3.8) is 0 Å². The van der Waals surface area contributed by atoms with Crippen LogP contribution in [0, 0.1) is 21.8 Å². The molecular weight excluding hydrogens is 313 g/mol. The van der Waals surface area contributed by atoms with E-state index in [0.717, 1.165) is 37.5 Å². The number of nitro groups is 1. The lowest BCUT2D eigenvalue weighted by Crippen LogP contribution is -2.40. The molecule has 1 fully saturated rings. The number of amides is 1. The van der Waals surface area contributed by atoms with E-state index in [2.05, 4.69) is 0 Å². The van der Waals surface area contributed by atoms with Gasteiger partial charge in [-0.2, -0.15) is 0 Å². The van der Waals surface area contributed by atoms with Crippen LogP contribution in [-0.2, 0) is 0 Å². The molecule has 1 amide bonds. The molecule has 22 heavy (non-hydrogen) atoms. The number of nitrogens with two attached hydrogens (primary N) is 1. The van der Waals surface area contributed by atoms with Gasteiger partial charge in [0, 0.05) is 19.2 Å². The second-order valence-electron chi connectivity index (χ2n) is 5.26. The first-order valence-corrected chi connectivity index (χ1v) is 6.96. The number of likely N-dealkylation sites (tertiary alicyclic amines) is 1. The molecule has 122 valence electrons. The van der Waals surface area contributed by atoms with Gasteiger partial charge in [-0.3, -0.25) is 14.9 Å². The molecule has 0 radical (unpaired) electrons. The van der Waals surface area contributed by atoms with Crippen molar-refractivity contribution in [1.82, 2.24) is 4.90 Å². The molecule has 8 heteroatoms. The minimum atomic E-state index is -0.659. The summed E-state index contributed by atoms with van der Waals surface area (Å²) in [6, 6.07) is 2.96. The van der Waals surface area contributed by atoms with E-state index in [1.807, 2.05) is 0 Å². The Hall–Kier alpha value is -1.73. The van der Waals surface area contributed by atoms with Crippen molar-refractivity contribution < 1.29 is 14.1 Å². The zero-order chi connectivity index (χ0) is 15.4. The van der Waals surface area contributed by atoms with Gasteiger partial charge in [-0.05, 0) is 43.9 Å². The fourth-order valence-electron chi connectivity index (χ4n) is 2.73. The molecule has 1 aliphatic rings. The van der Waals surface area contributed by atoms with Crippen LogP contribution < -0.4 is 5.73 Å². The first-order chi connectivity index (χ1) is 10.0. The van der Waals surface area contributed by atoms with Crippen molar-refractivity contribution in [3.05, 3.63) is 39.7 Å². The minimum absolute atomic E-state index is 0. The lowest BCUT2D eigenvalue weighted by molar-refractivity contribution is -0.385. The van der Waals surface area contributed by atoms with Crippen molar-refractivity contribution in [1.29, 1.82) is 0 Å². The topological polar surface area (TPSA) is 89.5 Å². The number of rotatable bonds is 4. The maximum absolute atomic E-state index is 13.3. The largest absolute Gasteiger partial charge is 0.338 e. The van der Waals surface area contributed by atoms with E-state index in [1.54, 1.807) is 4.90 Å². The number of benzene rings is 1. The van der Waals surface area contributed by atoms with Gasteiger partial charge in [-0.25, -0.2) is 4.39 Å². The summed E-state index contributed by atoms with van der Waals surface area (Å²) in [6.45, 7) is 1.60. The predicted octanol–water partition coefficient (Wildman–Crippen LogP) is 2.36. The van der Waals surface area contributed by atoms with Crippen molar-refractivity contribution >= 4 is 24.0 Å². The Morgan fingerprint density at radius 2 is 2.23 bits per heavy atom. The smallest absolute Gasteiger partial charge is 0.282 e. The summed E-state index contributed by atoms with van der Waals surface area (Å²) in [5.41, 5.74) is 4.99. The van der Waals surface area contributed by atoms with Gasteiger partial charge in [0.15, 0.2) is 0 Å². The van der Waals surface area contributed by atoms with E-state index in [0.29, 0.717) is 25.6 Å². The molecule has 6 nitrogen and oxygen atoms in total. The molecule has 2 N–H and O–H groups in total. The lowest BCUT2D eigenvalue weighted by atomic mass is 9.94. The van der Waals surface area contributed by atoms with Crippen LogP contribution in [0.1, 0.15) is 29.6 Å². The van der Waals surface area contributed by atoms with E-state index >= 15 is 0 Å². The number of hydrogen-bond donors (Lipinski definition) is 1. The average Bonchev–Trinajstić information content (AvgIpc) is 2.46. The summed E-state index contributed by atoms with van der Waals surface area (Å²) in [4.78, 5) is 24.3. The number of nitro benzene ring substituents is 1. The maximum Gasteiger partial charge on any atom is 0.282 e. The van der Waals surface area contributed by atoms with Gasteiger partial charge in [0.25, 0.3) is 11.6 Å². The minimum Gasteiger partial charge on any atom is -0.338 e. The third kappa shape index (κ3) is 4.14. The van der Waals surface area contributed by atoms with Gasteiger partial charge in [-0.15, -0.1) is 12.4 Å². The number of carbonyl (C=O) groups excluding carboxylic acids is 1. The highest BCUT2D eigenvalue weighted by molar-refractivity contribution is 5.98. The zero-order valence-electron chi connectivity index (χ0n) is 12.0. The SMILES string of the molecule is Cl.NCCC1CCCN(C(=O)c2cc(F)ccc2[N+](=O)[O-])C1. The molecule has 0 aromatic heterocycles. The predicted molar refractivity (Wildman–Crippen MR) is 82.6 cm³/mol. The normalized spacial score (nSPS) is 17.7. The van der Waals surface area contributed by atoms with E-state index < -0.39 is 16.6 Å². The molecule has 0 saturated carbocycles. The Labute approximate surface area is 134 Å². The van der Waals surface area contributed by atoms with Crippen LogP contribution in [0.5, 0.6) is 0 Å². The monoisotopic (exact) mass is 331 g/mol. The highest BCUT2D eigenvalue weighted by atomic mass is 35.5. The molecule has 0 bridgehead atoms. The standard InChI is InChI=1S/C14H18FN3O3.ClH/c15-11-3-4-13(18(20)21)12(8-11)14(19)17-7-1-2-10(9-17)5-6-16;/h3-4,8,10H,1-2,5-7,9,16H2;1H. The molecule has 1 aliphatic heterocycles. The number of carbonyl (C=O) groups is 1. The van der Waals surface area contributed by atoms with Crippen LogP contribution in [0.4, 0.5) is 10.1 Å². The molecule has 1 unspecified atom stereocenters. The number of nitrogens with zero attached hydrogens (tertiary/aromatic N) is 2. The van der Waals surface area contributed by atoms with E-state index in [-0.39, 0.29) is 23.7 Å². The summed E-state index contributed by atoms with van der Waals surface area (Å²) in [7, 11) is 0. The van der Waals surface area contributed by atoms with Crippen molar-refractivity contribution in [2.24, 2.45) is 11.7 Å². The Morgan fingerprint density at radius 1 is 1.50 bits per heavy atom. The molecule has 2 rings (SSSR count). The fraction of sp³-hybridized carbons (Fsp3) is 0.500. The van der Waals surface area contributed by atoms with Gasteiger partial charge in [0.2, 0.25) is 0 Å². The maximum atomic E-state index is 13.3. The number of halogens is 2. The van der Waals surface area contributed by atoms with Gasteiger partial charge < -0.3 is 10.6 Å². The van der Waals surface area contributed by atoms with Crippen molar-refractivity contribution in [3.8, 4) is 0 Å². The second-order valence-corrected chi connectivity index (χ2v) is 5.26. The van der Waals surface area contributed by atoms with Gasteiger partial charge in [0.05, 0.1) is 4.92 Å². The van der Waals surface area contributed by atoms with Crippen LogP contribution >= 0.6 is 12.4 Å². The third-order valence-electron chi connectivity index (χ3n) is 3.77. The lowest BCUT2D eigenvalue weighted by Gasteiger charge is -2.32. The first kappa shape index (κ1) is 18.3. The number of hydrogen-bond acceptors (Lipinski definition) is 4. The Balaban J connectivity index is 0.00000242. The van der Waals surface area contributed by atoms with Crippen LogP contribution in [0.15, 0.2) is 18.2 Å². The molecule has 1 aromatic rings. The second kappa shape index (κ2) is 8.05. The van der Waals surface area contributed by atoms with Crippen LogP contribution in [0.3, 0.4) is 0 Å². The van der Waals surface area contributed by atoms with Crippen molar-refractivity contribution in [2.75, 3.05) is 19.6 Å². The molecule has 0 aliphatic carbocycles. The third-order valence-corrected chi connectivity index (χ3v) is 3.77. The van der Waals surface area contributed by atoms with E-state index in [1.165, 1.54) is 0 Å². The summed E-state index contributed by atoms with van der Waals surface area (Å²) < 4.78 is 13.3. The molecular formula is C14H19ClFN3O3. The van der Waals surface area contributed by atoms with Crippen LogP contribution in [-0.4, -0.2) is 35.4 Å². The summed E-state index contributed by atoms with van der Waals surface area (Å²) in [5, 5.41) is 11.0. The first-order valence-electron chi connectivity index (χ1n) is 6.96. The number of piperidine rings is 1. The van der Waals surface area contributed by atoms with Gasteiger partial charge >= 0.3 is 0 Å². The summed E-state index contributed by atoms with van der Waals surface area (Å²) in [6.07, 6.45) is 2.64. The molecule has 0 spiro atoms. The zero-order valence-corrected chi connectivity index (χ0v) is 12.9. The molecule has 1 atom stereocenters. The molecule has 1 saturated heterocycles. The Morgan fingerprint density at radius 3 is 2.86 bits per heavy atom. The Kier molecular flexibility index (Phi) is 6.70.